The van der Waals surface area contributed by atoms with Gasteiger partial charge in [-0.3, -0.25) is 0 Å². The second kappa shape index (κ2) is 9.76. The molecule has 0 amide bonds. The number of rotatable bonds is 8. The minimum absolute atomic E-state index is 0.217. The minimum atomic E-state index is -2.69. The van der Waals surface area contributed by atoms with Crippen molar-refractivity contribution >= 4 is 11.6 Å². The third kappa shape index (κ3) is 4.62. The van der Waals surface area contributed by atoms with Crippen LogP contribution in [0.15, 0.2) is 42.7 Å². The summed E-state index contributed by atoms with van der Waals surface area (Å²) in [5.41, 5.74) is 3.22. The van der Waals surface area contributed by atoms with Gasteiger partial charge in [0.15, 0.2) is 5.82 Å². The number of aryl methyl sites for hydroxylation is 1. The van der Waals surface area contributed by atoms with E-state index < -0.39 is 6.43 Å². The maximum absolute atomic E-state index is 13.4. The molecule has 9 nitrogen and oxygen atoms in total. The molecule has 0 aliphatic heterocycles. The minimum Gasteiger partial charge on any atom is -0.383 e. The summed E-state index contributed by atoms with van der Waals surface area (Å²) in [5.74, 6) is 1.28. The lowest BCUT2D eigenvalue weighted by Crippen LogP contribution is -2.11. The fourth-order valence-corrected chi connectivity index (χ4v) is 3.54. The molecule has 0 aliphatic carbocycles. The Balaban J connectivity index is 1.71. The summed E-state index contributed by atoms with van der Waals surface area (Å²) >= 11 is 0. The zero-order valence-electron chi connectivity index (χ0n) is 18.8. The number of hydrogen-bond acceptors (Lipinski definition) is 7. The van der Waals surface area contributed by atoms with Gasteiger partial charge in [0.1, 0.15) is 23.7 Å². The quantitative estimate of drug-likeness (QED) is 0.413. The van der Waals surface area contributed by atoms with E-state index in [1.54, 1.807) is 36.9 Å². The molecule has 34 heavy (non-hydrogen) atoms. The monoisotopic (exact) mass is 464 g/mol. The first-order valence-corrected chi connectivity index (χ1v) is 10.4. The summed E-state index contributed by atoms with van der Waals surface area (Å²) in [6.45, 7) is 4.47. The van der Waals surface area contributed by atoms with E-state index in [4.69, 9.17) is 15.1 Å². The molecule has 0 radical (unpaired) electrons. The number of ether oxygens (including phenoxy) is 1. The number of anilines is 2. The molecule has 1 aromatic carbocycles. The molecular formula is C23H22F2N8O. The summed E-state index contributed by atoms with van der Waals surface area (Å²) in [4.78, 5) is 8.37. The molecule has 0 atom stereocenters. The Morgan fingerprint density at radius 1 is 1.12 bits per heavy atom. The van der Waals surface area contributed by atoms with Crippen molar-refractivity contribution in [2.24, 2.45) is 0 Å². The van der Waals surface area contributed by atoms with Crippen LogP contribution in [-0.4, -0.2) is 43.2 Å². The molecule has 0 saturated carbocycles. The third-order valence-electron chi connectivity index (χ3n) is 5.18. The number of nitriles is 1. The molecule has 3 heterocycles. The van der Waals surface area contributed by atoms with Crippen LogP contribution in [0.3, 0.4) is 0 Å². The molecule has 0 saturated heterocycles. The molecule has 0 aliphatic rings. The predicted octanol–water partition coefficient (Wildman–Crippen LogP) is 4.34. The van der Waals surface area contributed by atoms with Crippen molar-refractivity contribution in [3.8, 4) is 23.1 Å². The van der Waals surface area contributed by atoms with Crippen LogP contribution in [0.1, 0.15) is 28.9 Å². The van der Waals surface area contributed by atoms with Gasteiger partial charge in [-0.05, 0) is 32.0 Å². The van der Waals surface area contributed by atoms with Gasteiger partial charge >= 0.3 is 0 Å². The topological polar surface area (TPSA) is 106 Å². The van der Waals surface area contributed by atoms with Crippen LogP contribution >= 0.6 is 0 Å². The Morgan fingerprint density at radius 2 is 1.88 bits per heavy atom. The highest BCUT2D eigenvalue weighted by molar-refractivity contribution is 5.71. The lowest BCUT2D eigenvalue weighted by molar-refractivity contribution is 0.142. The first-order chi connectivity index (χ1) is 16.4. The fraction of sp³-hybridized carbons (Fsp3) is 0.261. The van der Waals surface area contributed by atoms with E-state index in [1.807, 2.05) is 19.1 Å². The Kier molecular flexibility index (Phi) is 6.60. The van der Waals surface area contributed by atoms with Gasteiger partial charge < -0.3 is 10.1 Å². The number of benzene rings is 1. The Hall–Kier alpha value is -4.17. The maximum Gasteiger partial charge on any atom is 0.280 e. The molecule has 11 heteroatoms. The van der Waals surface area contributed by atoms with Crippen LogP contribution in [0.2, 0.25) is 0 Å². The average molecular weight is 464 g/mol. The number of aromatic nitrogens is 6. The van der Waals surface area contributed by atoms with Crippen molar-refractivity contribution in [3.63, 3.8) is 0 Å². The van der Waals surface area contributed by atoms with Crippen molar-refractivity contribution in [2.75, 3.05) is 19.0 Å². The van der Waals surface area contributed by atoms with Gasteiger partial charge in [0.05, 0.1) is 36.2 Å². The Morgan fingerprint density at radius 3 is 2.56 bits per heavy atom. The number of nitrogens with zero attached hydrogens (tertiary/aromatic N) is 7. The van der Waals surface area contributed by atoms with E-state index in [1.165, 1.54) is 12.4 Å². The summed E-state index contributed by atoms with van der Waals surface area (Å²) in [7, 11) is 1.61. The van der Waals surface area contributed by atoms with Gasteiger partial charge in [-0.15, -0.1) is 0 Å². The van der Waals surface area contributed by atoms with E-state index in [0.29, 0.717) is 36.0 Å². The molecule has 4 rings (SSSR count). The number of nitrogens with one attached hydrogen (secondary N) is 1. The first kappa shape index (κ1) is 23.0. The molecule has 174 valence electrons. The van der Waals surface area contributed by atoms with E-state index in [2.05, 4.69) is 26.5 Å². The van der Waals surface area contributed by atoms with Crippen LogP contribution < -0.4 is 5.32 Å². The second-order valence-corrected chi connectivity index (χ2v) is 7.54. The summed E-state index contributed by atoms with van der Waals surface area (Å²) in [5, 5.41) is 21.2. The first-order valence-electron chi connectivity index (χ1n) is 10.4. The van der Waals surface area contributed by atoms with Gasteiger partial charge in [0, 0.05) is 24.3 Å². The summed E-state index contributed by atoms with van der Waals surface area (Å²) in [6, 6.07) is 12.1. The highest BCUT2D eigenvalue weighted by Crippen LogP contribution is 2.30. The molecular weight excluding hydrogens is 442 g/mol. The number of halogens is 2. The van der Waals surface area contributed by atoms with Gasteiger partial charge in [-0.1, -0.05) is 12.1 Å². The standard InChI is InChI=1S/C23H22F2N8O/c1-14-10-18(22(24)25)33(30-14)20-11-19(27-13-28-20)29-23-15(2)21(31-32(23)8-9-34-3)17-6-4-16(12-26)5-7-17/h4-7,10-11,13,22H,8-9H2,1-3H3,(H,27,28,29). The molecule has 0 unspecified atom stereocenters. The van der Waals surface area contributed by atoms with E-state index in [9.17, 15) is 8.78 Å². The molecule has 0 fully saturated rings. The highest BCUT2D eigenvalue weighted by Gasteiger charge is 2.20. The van der Waals surface area contributed by atoms with Crippen molar-refractivity contribution in [2.45, 2.75) is 26.8 Å². The smallest absolute Gasteiger partial charge is 0.280 e. The van der Waals surface area contributed by atoms with Gasteiger partial charge in [-0.2, -0.15) is 15.5 Å². The predicted molar refractivity (Wildman–Crippen MR) is 121 cm³/mol. The fourth-order valence-electron chi connectivity index (χ4n) is 3.54. The SMILES string of the molecule is COCCn1nc(-c2ccc(C#N)cc2)c(C)c1Nc1cc(-n2nc(C)cc2C(F)F)ncn1. The van der Waals surface area contributed by atoms with Gasteiger partial charge in [-0.25, -0.2) is 28.1 Å². The summed E-state index contributed by atoms with van der Waals surface area (Å²) in [6.07, 6.45) is -1.41. The number of methoxy groups -OCH3 is 1. The largest absolute Gasteiger partial charge is 0.383 e. The molecule has 4 aromatic rings. The maximum atomic E-state index is 13.4. The number of alkyl halides is 2. The van der Waals surface area contributed by atoms with Crippen molar-refractivity contribution in [3.05, 3.63) is 65.2 Å². The molecule has 0 spiro atoms. The zero-order valence-corrected chi connectivity index (χ0v) is 18.8. The van der Waals surface area contributed by atoms with Crippen LogP contribution in [0.5, 0.6) is 0 Å². The van der Waals surface area contributed by atoms with E-state index >= 15 is 0 Å². The Bertz CT molecular complexity index is 1340. The third-order valence-corrected chi connectivity index (χ3v) is 5.18. The lowest BCUT2D eigenvalue weighted by atomic mass is 10.1. The van der Waals surface area contributed by atoms with Crippen LogP contribution in [0.4, 0.5) is 20.4 Å². The Labute approximate surface area is 194 Å². The van der Waals surface area contributed by atoms with Crippen LogP contribution in [-0.2, 0) is 11.3 Å². The molecule has 0 bridgehead atoms. The lowest BCUT2D eigenvalue weighted by Gasteiger charge is -2.11. The average Bonchev–Trinajstić information content (AvgIpc) is 3.38. The summed E-state index contributed by atoms with van der Waals surface area (Å²) < 4.78 is 35.0. The highest BCUT2D eigenvalue weighted by atomic mass is 19.3. The van der Waals surface area contributed by atoms with Crippen molar-refractivity contribution in [1.82, 2.24) is 29.5 Å². The van der Waals surface area contributed by atoms with Gasteiger partial charge in [0.2, 0.25) is 0 Å². The van der Waals surface area contributed by atoms with Crippen molar-refractivity contribution in [1.29, 1.82) is 5.26 Å². The zero-order chi connectivity index (χ0) is 24.2. The second-order valence-electron chi connectivity index (χ2n) is 7.54. The van der Waals surface area contributed by atoms with Crippen LogP contribution in [0.25, 0.3) is 17.1 Å². The molecule has 3 aromatic heterocycles. The normalized spacial score (nSPS) is 11.1. The van der Waals surface area contributed by atoms with Crippen molar-refractivity contribution < 1.29 is 13.5 Å². The van der Waals surface area contributed by atoms with E-state index in [0.717, 1.165) is 21.5 Å². The van der Waals surface area contributed by atoms with Gasteiger partial charge in [0.25, 0.3) is 6.43 Å². The number of hydrogen-bond donors (Lipinski definition) is 1. The van der Waals surface area contributed by atoms with Crippen LogP contribution in [0, 0.1) is 25.2 Å². The molecule has 1 N–H and O–H groups in total. The van der Waals surface area contributed by atoms with E-state index in [-0.39, 0.29) is 11.5 Å².